The third kappa shape index (κ3) is 4.39. The summed E-state index contributed by atoms with van der Waals surface area (Å²) in [5.74, 6) is 0.859. The summed E-state index contributed by atoms with van der Waals surface area (Å²) in [4.78, 5) is 29.8. The van der Waals surface area contributed by atoms with Crippen LogP contribution in [0.5, 0.6) is 11.5 Å². The summed E-state index contributed by atoms with van der Waals surface area (Å²) in [5.41, 5.74) is 4.31. The summed E-state index contributed by atoms with van der Waals surface area (Å²) in [6.07, 6.45) is -0.521. The molecule has 3 aromatic rings. The van der Waals surface area contributed by atoms with Crippen LogP contribution in [0, 0.1) is 20.8 Å². The number of aryl methyl sites for hydroxylation is 2. The van der Waals surface area contributed by atoms with Gasteiger partial charge in [0, 0.05) is 10.4 Å². The van der Waals surface area contributed by atoms with Crippen molar-refractivity contribution in [2.24, 2.45) is 0 Å². The number of amides is 2. The van der Waals surface area contributed by atoms with E-state index in [1.54, 1.807) is 6.92 Å². The number of anilines is 2. The number of thiazole rings is 1. The highest BCUT2D eigenvalue weighted by atomic mass is 32.1. The molecule has 2 heterocycles. The molecular weight excluding hydrogens is 414 g/mol. The van der Waals surface area contributed by atoms with Crippen LogP contribution in [0.2, 0.25) is 0 Å². The number of hydrogen-bond acceptors (Lipinski definition) is 6. The molecule has 7 nitrogen and oxygen atoms in total. The van der Waals surface area contributed by atoms with Crippen molar-refractivity contribution in [2.75, 3.05) is 17.2 Å². The lowest BCUT2D eigenvalue weighted by Gasteiger charge is -2.23. The van der Waals surface area contributed by atoms with Crippen LogP contribution in [0.4, 0.5) is 10.8 Å². The first-order chi connectivity index (χ1) is 14.8. The highest BCUT2D eigenvalue weighted by molar-refractivity contribution is 7.16. The van der Waals surface area contributed by atoms with Gasteiger partial charge in [-0.2, -0.15) is 0 Å². The largest absolute Gasteiger partial charge is 0.483 e. The van der Waals surface area contributed by atoms with Gasteiger partial charge in [0.1, 0.15) is 11.5 Å². The van der Waals surface area contributed by atoms with Gasteiger partial charge in [0.05, 0.1) is 11.4 Å². The molecule has 31 heavy (non-hydrogen) atoms. The first kappa shape index (κ1) is 20.9. The van der Waals surface area contributed by atoms with Crippen molar-refractivity contribution < 1.29 is 19.1 Å². The molecule has 2 aromatic carbocycles. The van der Waals surface area contributed by atoms with Gasteiger partial charge in [-0.05, 0) is 63.1 Å². The Hall–Kier alpha value is -3.39. The van der Waals surface area contributed by atoms with Crippen molar-refractivity contribution in [3.8, 4) is 22.8 Å². The van der Waals surface area contributed by atoms with Crippen LogP contribution in [0.25, 0.3) is 11.3 Å². The number of fused-ring (bicyclic) bond motifs is 1. The molecule has 4 rings (SSSR count). The second-order valence-corrected chi connectivity index (χ2v) is 8.62. The van der Waals surface area contributed by atoms with Gasteiger partial charge in [-0.3, -0.25) is 14.9 Å². The molecule has 0 saturated carbocycles. The number of ether oxygens (including phenoxy) is 2. The van der Waals surface area contributed by atoms with Crippen LogP contribution >= 0.6 is 11.3 Å². The van der Waals surface area contributed by atoms with Gasteiger partial charge in [-0.1, -0.05) is 12.1 Å². The smallest absolute Gasteiger partial charge is 0.265 e. The Morgan fingerprint density at radius 2 is 2.06 bits per heavy atom. The molecule has 1 unspecified atom stereocenters. The van der Waals surface area contributed by atoms with E-state index in [1.807, 2.05) is 57.2 Å². The number of benzene rings is 2. The summed E-state index contributed by atoms with van der Waals surface area (Å²) in [6.45, 7) is 7.51. The predicted molar refractivity (Wildman–Crippen MR) is 121 cm³/mol. The first-order valence-electron chi connectivity index (χ1n) is 9.90. The standard InChI is InChI=1S/C23H23N3O4S/c1-12-6-5-7-18(13(12)2)29-11-20(27)25-23-26-21(15(4)31-23)16-8-9-19-17(10-16)24-22(28)14(3)30-19/h5-10,14H,11H2,1-4H3,(H,24,28)(H,25,26,27). The molecular formula is C23H23N3O4S. The highest BCUT2D eigenvalue weighted by Crippen LogP contribution is 2.37. The van der Waals surface area contributed by atoms with E-state index >= 15 is 0 Å². The van der Waals surface area contributed by atoms with Gasteiger partial charge in [-0.25, -0.2) is 4.98 Å². The molecule has 0 fully saturated rings. The molecule has 2 amide bonds. The fourth-order valence-electron chi connectivity index (χ4n) is 3.25. The van der Waals surface area contributed by atoms with Crippen molar-refractivity contribution >= 4 is 34.0 Å². The molecule has 2 N–H and O–H groups in total. The van der Waals surface area contributed by atoms with Crippen molar-refractivity contribution in [1.29, 1.82) is 0 Å². The number of rotatable bonds is 5. The summed E-state index contributed by atoms with van der Waals surface area (Å²) < 4.78 is 11.3. The molecule has 1 aromatic heterocycles. The lowest BCUT2D eigenvalue weighted by Crippen LogP contribution is -2.34. The number of hydrogen-bond donors (Lipinski definition) is 2. The van der Waals surface area contributed by atoms with Crippen LogP contribution in [-0.2, 0) is 9.59 Å². The van der Waals surface area contributed by atoms with Crippen LogP contribution in [0.3, 0.4) is 0 Å². The van der Waals surface area contributed by atoms with Gasteiger partial charge in [0.15, 0.2) is 17.8 Å². The molecule has 1 aliphatic rings. The second kappa shape index (κ2) is 8.39. The lowest BCUT2D eigenvalue weighted by molar-refractivity contribution is -0.122. The number of carbonyl (C=O) groups excluding carboxylic acids is 2. The SMILES string of the molecule is Cc1cccc(OCC(=O)Nc2nc(-c3ccc4c(c3)NC(=O)C(C)O4)c(C)s2)c1C. The fourth-order valence-corrected chi connectivity index (χ4v) is 4.10. The summed E-state index contributed by atoms with van der Waals surface area (Å²) >= 11 is 1.39. The topological polar surface area (TPSA) is 89.5 Å². The first-order valence-corrected chi connectivity index (χ1v) is 10.7. The minimum absolute atomic E-state index is 0.0986. The molecule has 0 radical (unpaired) electrons. The van der Waals surface area contributed by atoms with Crippen molar-refractivity contribution in [2.45, 2.75) is 33.8 Å². The number of nitrogens with zero attached hydrogens (tertiary/aromatic N) is 1. The lowest BCUT2D eigenvalue weighted by atomic mass is 10.1. The van der Waals surface area contributed by atoms with Crippen molar-refractivity contribution in [3.63, 3.8) is 0 Å². The van der Waals surface area contributed by atoms with E-state index in [1.165, 1.54) is 11.3 Å². The van der Waals surface area contributed by atoms with Gasteiger partial charge in [0.2, 0.25) is 0 Å². The van der Waals surface area contributed by atoms with E-state index in [0.29, 0.717) is 22.3 Å². The molecule has 0 saturated heterocycles. The number of nitrogens with one attached hydrogen (secondary N) is 2. The Labute approximate surface area is 184 Å². The average Bonchev–Trinajstić information content (AvgIpc) is 3.09. The fraction of sp³-hybridized carbons (Fsp3) is 0.261. The summed E-state index contributed by atoms with van der Waals surface area (Å²) in [7, 11) is 0. The highest BCUT2D eigenvalue weighted by Gasteiger charge is 2.24. The Kier molecular flexibility index (Phi) is 5.65. The normalized spacial score (nSPS) is 15.0. The Bertz CT molecular complexity index is 1170. The number of aromatic nitrogens is 1. The third-order valence-electron chi connectivity index (χ3n) is 5.14. The summed E-state index contributed by atoms with van der Waals surface area (Å²) in [5, 5.41) is 6.14. The maximum atomic E-state index is 12.4. The molecule has 1 atom stereocenters. The van der Waals surface area contributed by atoms with Gasteiger partial charge >= 0.3 is 0 Å². The molecule has 160 valence electrons. The van der Waals surface area contributed by atoms with Crippen LogP contribution in [-0.4, -0.2) is 29.5 Å². The van der Waals surface area contributed by atoms with Gasteiger partial charge in [0.25, 0.3) is 11.8 Å². The Morgan fingerprint density at radius 3 is 2.87 bits per heavy atom. The van der Waals surface area contributed by atoms with E-state index < -0.39 is 6.10 Å². The molecule has 0 bridgehead atoms. The molecule has 8 heteroatoms. The Morgan fingerprint density at radius 1 is 1.26 bits per heavy atom. The van der Waals surface area contributed by atoms with E-state index in [4.69, 9.17) is 9.47 Å². The monoisotopic (exact) mass is 437 g/mol. The number of carbonyl (C=O) groups is 2. The zero-order chi connectivity index (χ0) is 22.1. The Balaban J connectivity index is 1.45. The van der Waals surface area contributed by atoms with E-state index in [0.717, 1.165) is 27.3 Å². The third-order valence-corrected chi connectivity index (χ3v) is 6.03. The zero-order valence-corrected chi connectivity index (χ0v) is 18.6. The van der Waals surface area contributed by atoms with Crippen LogP contribution < -0.4 is 20.1 Å². The van der Waals surface area contributed by atoms with Gasteiger partial charge < -0.3 is 14.8 Å². The van der Waals surface area contributed by atoms with Crippen LogP contribution in [0.1, 0.15) is 22.9 Å². The average molecular weight is 438 g/mol. The molecule has 0 spiro atoms. The maximum absolute atomic E-state index is 12.4. The zero-order valence-electron chi connectivity index (χ0n) is 17.7. The molecule has 0 aliphatic carbocycles. The van der Waals surface area contributed by atoms with E-state index in [-0.39, 0.29) is 18.4 Å². The second-order valence-electron chi connectivity index (χ2n) is 7.42. The summed E-state index contributed by atoms with van der Waals surface area (Å²) in [6, 6.07) is 11.3. The van der Waals surface area contributed by atoms with Gasteiger partial charge in [-0.15, -0.1) is 11.3 Å². The maximum Gasteiger partial charge on any atom is 0.265 e. The molecule has 1 aliphatic heterocycles. The predicted octanol–water partition coefficient (Wildman–Crippen LogP) is 4.47. The van der Waals surface area contributed by atoms with E-state index in [9.17, 15) is 9.59 Å². The van der Waals surface area contributed by atoms with Crippen molar-refractivity contribution in [3.05, 3.63) is 52.4 Å². The van der Waals surface area contributed by atoms with E-state index in [2.05, 4.69) is 15.6 Å². The van der Waals surface area contributed by atoms with Crippen LogP contribution in [0.15, 0.2) is 36.4 Å². The van der Waals surface area contributed by atoms with Crippen molar-refractivity contribution in [1.82, 2.24) is 4.98 Å². The quantitative estimate of drug-likeness (QED) is 0.615. The minimum Gasteiger partial charge on any atom is -0.483 e. The minimum atomic E-state index is -0.521.